The highest BCUT2D eigenvalue weighted by molar-refractivity contribution is 8.01. The zero-order valence-corrected chi connectivity index (χ0v) is 20.7. The van der Waals surface area contributed by atoms with E-state index in [9.17, 15) is 36.9 Å². The fourth-order valence-electron chi connectivity index (χ4n) is 3.12. The number of carboxylic acid groups (broad SMARTS) is 1. The van der Waals surface area contributed by atoms with Gasteiger partial charge in [0.15, 0.2) is 4.34 Å². The molecule has 2 amide bonds. The van der Waals surface area contributed by atoms with E-state index in [0.29, 0.717) is 21.1 Å². The predicted molar refractivity (Wildman–Crippen MR) is 121 cm³/mol. The molecule has 0 bridgehead atoms. The lowest BCUT2D eigenvalue weighted by Gasteiger charge is -2.49. The molecule has 182 valence electrons. The number of alkyl halides is 3. The lowest BCUT2D eigenvalue weighted by molar-refractivity contribution is -0.150. The normalized spacial score (nSPS) is 21.1. The van der Waals surface area contributed by atoms with Gasteiger partial charge in [-0.3, -0.25) is 18.7 Å². The molecule has 34 heavy (non-hydrogen) atoms. The van der Waals surface area contributed by atoms with Crippen molar-refractivity contribution < 1.29 is 36.9 Å². The summed E-state index contributed by atoms with van der Waals surface area (Å²) in [6, 6.07) is 2.38. The van der Waals surface area contributed by atoms with Crippen molar-refractivity contribution in [1.82, 2.24) is 20.4 Å². The molecular formula is C17H13F3N4O5S5. The lowest BCUT2D eigenvalue weighted by Crippen LogP contribution is -2.70. The largest absolute Gasteiger partial charge is 0.477 e. The molecule has 1 saturated heterocycles. The number of hydrogen-bond donors (Lipinski definition) is 2. The molecule has 2 aliphatic rings. The fourth-order valence-corrected chi connectivity index (χ4v) is 8.24. The Morgan fingerprint density at radius 1 is 1.35 bits per heavy atom. The third-order valence-corrected chi connectivity index (χ3v) is 10.7. The maximum absolute atomic E-state index is 12.7. The number of β-lactam (4-membered cyclic amide) rings is 1. The number of thioether (sulfide) groups is 2. The van der Waals surface area contributed by atoms with Crippen molar-refractivity contribution >= 4 is 74.8 Å². The molecular weight excluding hydrogens is 558 g/mol. The van der Waals surface area contributed by atoms with E-state index in [1.165, 1.54) is 23.1 Å². The minimum Gasteiger partial charge on any atom is -0.477 e. The first kappa shape index (κ1) is 25.2. The van der Waals surface area contributed by atoms with E-state index in [-0.39, 0.29) is 27.3 Å². The highest BCUT2D eigenvalue weighted by Gasteiger charge is 2.54. The van der Waals surface area contributed by atoms with Gasteiger partial charge in [0.25, 0.3) is 5.91 Å². The fraction of sp³-hybridized carbons (Fsp3) is 0.353. The Kier molecular flexibility index (Phi) is 7.37. The van der Waals surface area contributed by atoms with Crippen molar-refractivity contribution in [1.29, 1.82) is 0 Å². The number of rotatable bonds is 8. The Labute approximate surface area is 208 Å². The van der Waals surface area contributed by atoms with E-state index in [4.69, 9.17) is 0 Å². The summed E-state index contributed by atoms with van der Waals surface area (Å²) in [6.07, 6.45) is -4.62. The van der Waals surface area contributed by atoms with Gasteiger partial charge in [-0.05, 0) is 17.0 Å². The molecule has 9 nitrogen and oxygen atoms in total. The molecule has 2 aliphatic heterocycles. The summed E-state index contributed by atoms with van der Waals surface area (Å²) in [7, 11) is -1.55. The molecule has 0 spiro atoms. The molecule has 3 atom stereocenters. The monoisotopic (exact) mass is 570 g/mol. The maximum Gasteiger partial charge on any atom is 0.445 e. The summed E-state index contributed by atoms with van der Waals surface area (Å²) in [5.41, 5.74) is 0.0916. The number of thiophene rings is 1. The van der Waals surface area contributed by atoms with E-state index in [1.54, 1.807) is 17.5 Å². The van der Waals surface area contributed by atoms with Crippen LogP contribution < -0.4 is 5.32 Å². The summed E-state index contributed by atoms with van der Waals surface area (Å²) in [6.45, 7) is 0. The first-order valence-corrected chi connectivity index (χ1v) is 14.3. The van der Waals surface area contributed by atoms with Crippen molar-refractivity contribution in [2.75, 3.05) is 17.3 Å². The number of carboxylic acids is 1. The van der Waals surface area contributed by atoms with E-state index >= 15 is 0 Å². The molecule has 0 aliphatic carbocycles. The summed E-state index contributed by atoms with van der Waals surface area (Å²) in [5.74, 6) is -2.69. The van der Waals surface area contributed by atoms with Gasteiger partial charge in [0, 0.05) is 11.5 Å². The highest BCUT2D eigenvalue weighted by atomic mass is 32.2. The van der Waals surface area contributed by atoms with Crippen LogP contribution >= 0.6 is 46.2 Å². The van der Waals surface area contributed by atoms with Gasteiger partial charge >= 0.3 is 12.1 Å². The van der Waals surface area contributed by atoms with Crippen molar-refractivity contribution in [3.63, 3.8) is 0 Å². The summed E-state index contributed by atoms with van der Waals surface area (Å²) in [5, 5.41) is 18.7. The minimum absolute atomic E-state index is 0.00838. The Morgan fingerprint density at radius 3 is 2.74 bits per heavy atom. The van der Waals surface area contributed by atoms with Crippen LogP contribution in [-0.4, -0.2) is 70.9 Å². The molecule has 4 rings (SSSR count). The quantitative estimate of drug-likeness (QED) is 0.363. The summed E-state index contributed by atoms with van der Waals surface area (Å²) >= 11 is 3.72. The first-order valence-electron chi connectivity index (χ1n) is 9.21. The number of nitrogens with zero attached hydrogens (tertiary/aromatic N) is 3. The maximum atomic E-state index is 12.7. The van der Waals surface area contributed by atoms with Crippen molar-refractivity contribution in [3.05, 3.63) is 33.8 Å². The van der Waals surface area contributed by atoms with Crippen LogP contribution in [0.15, 0.2) is 37.3 Å². The molecule has 1 fully saturated rings. The van der Waals surface area contributed by atoms with Crippen LogP contribution in [0, 0.1) is 0 Å². The van der Waals surface area contributed by atoms with Crippen LogP contribution in [0.4, 0.5) is 13.2 Å². The van der Waals surface area contributed by atoms with E-state index < -0.39 is 51.2 Å². The number of aromatic nitrogens is 2. The first-order chi connectivity index (χ1) is 16.1. The second-order valence-electron chi connectivity index (χ2n) is 6.79. The molecule has 2 aromatic heterocycles. The molecule has 0 saturated carbocycles. The van der Waals surface area contributed by atoms with Crippen LogP contribution in [0.3, 0.4) is 0 Å². The zero-order chi connectivity index (χ0) is 24.6. The average molecular weight is 571 g/mol. The van der Waals surface area contributed by atoms with Gasteiger partial charge in [-0.15, -0.1) is 33.3 Å². The molecule has 4 heterocycles. The molecule has 17 heteroatoms. The number of hydrogen-bond acceptors (Lipinski definition) is 10. The number of aliphatic carboxylic acids is 1. The number of carbonyl (C=O) groups excluding carboxylic acids is 2. The van der Waals surface area contributed by atoms with Crippen molar-refractivity contribution in [3.8, 4) is 0 Å². The lowest BCUT2D eigenvalue weighted by atomic mass is 10.0. The van der Waals surface area contributed by atoms with Gasteiger partial charge in [-0.1, -0.05) is 29.2 Å². The van der Waals surface area contributed by atoms with Crippen LogP contribution in [0.2, 0.25) is 0 Å². The number of halogens is 3. The summed E-state index contributed by atoms with van der Waals surface area (Å²) < 4.78 is 50.8. The average Bonchev–Trinajstić information content (AvgIpc) is 3.47. The molecule has 2 aromatic rings. The third-order valence-electron chi connectivity index (χ3n) is 4.57. The topological polar surface area (TPSA) is 130 Å². The Hall–Kier alpha value is -1.95. The highest BCUT2D eigenvalue weighted by Crippen LogP contribution is 2.42. The number of fused-ring (bicyclic) bond motifs is 1. The number of nitrogens with one attached hydrogen (secondary N) is 1. The Bertz CT molecular complexity index is 1180. The van der Waals surface area contributed by atoms with Crippen LogP contribution in [0.1, 0.15) is 5.01 Å². The SMILES string of the molecule is O=C(CS(=O)c1cccs1)NC1C(=O)N2C(C(=O)O)=C(CSc3nnc(C(F)(F)F)s3)CS[C@H]12. The van der Waals surface area contributed by atoms with E-state index in [2.05, 4.69) is 15.5 Å². The standard InChI is InChI=1S/C17H13F3N4O5S5/c18-17(19,20)15-22-23-16(33-15)32-5-7-4-31-13-10(12(26)24(13)11(7)14(27)28)21-8(25)6-34(29)9-2-1-3-30-9/h1-3,10,13H,4-6H2,(H,21,25)(H,27,28)/t10?,13-,34?/m1/s1. The van der Waals surface area contributed by atoms with Gasteiger partial charge in [-0.2, -0.15) is 13.2 Å². The van der Waals surface area contributed by atoms with Gasteiger partial charge in [0.2, 0.25) is 10.9 Å². The second kappa shape index (κ2) is 9.96. The number of carbonyl (C=O) groups is 3. The number of amides is 2. The van der Waals surface area contributed by atoms with E-state index in [0.717, 1.165) is 16.7 Å². The molecule has 2 N–H and O–H groups in total. The molecule has 0 aromatic carbocycles. The van der Waals surface area contributed by atoms with Gasteiger partial charge in [0.05, 0.1) is 15.0 Å². The van der Waals surface area contributed by atoms with Crippen LogP contribution in [0.25, 0.3) is 0 Å². The minimum atomic E-state index is -4.62. The van der Waals surface area contributed by atoms with Gasteiger partial charge in [-0.25, -0.2) is 4.79 Å². The Morgan fingerprint density at radius 2 is 2.12 bits per heavy atom. The van der Waals surface area contributed by atoms with Gasteiger partial charge < -0.3 is 10.4 Å². The van der Waals surface area contributed by atoms with Crippen molar-refractivity contribution in [2.45, 2.75) is 26.1 Å². The molecule has 0 radical (unpaired) electrons. The summed E-state index contributed by atoms with van der Waals surface area (Å²) in [4.78, 5) is 37.9. The predicted octanol–water partition coefficient (Wildman–Crippen LogP) is 2.26. The van der Waals surface area contributed by atoms with Gasteiger partial charge in [0.1, 0.15) is 22.9 Å². The second-order valence-corrected chi connectivity index (χ2v) is 12.7. The van der Waals surface area contributed by atoms with Crippen LogP contribution in [-0.2, 0) is 31.4 Å². The smallest absolute Gasteiger partial charge is 0.445 e. The zero-order valence-electron chi connectivity index (χ0n) is 16.6. The third kappa shape index (κ3) is 5.17. The van der Waals surface area contributed by atoms with Crippen LogP contribution in [0.5, 0.6) is 0 Å². The Balaban J connectivity index is 1.41. The molecule has 2 unspecified atom stereocenters. The van der Waals surface area contributed by atoms with Crippen molar-refractivity contribution in [2.24, 2.45) is 0 Å². The van der Waals surface area contributed by atoms with E-state index in [1.807, 2.05) is 0 Å².